The molecular formula is C8H12ClN3O4S. The maximum atomic E-state index is 12.0. The number of halogens is 1. The molecule has 0 amide bonds. The third-order valence-electron chi connectivity index (χ3n) is 1.93. The summed E-state index contributed by atoms with van der Waals surface area (Å²) < 4.78 is 25.0. The van der Waals surface area contributed by atoms with E-state index >= 15 is 0 Å². The Hall–Kier alpha value is -0.800. The monoisotopic (exact) mass is 281 g/mol. The van der Waals surface area contributed by atoms with Crippen molar-refractivity contribution in [2.45, 2.75) is 4.90 Å². The molecule has 2 N–H and O–H groups in total. The Morgan fingerprint density at radius 2 is 1.65 bits per heavy atom. The highest BCUT2D eigenvalue weighted by atomic mass is 35.5. The van der Waals surface area contributed by atoms with Gasteiger partial charge in [0, 0.05) is 13.1 Å². The maximum absolute atomic E-state index is 12.0. The number of hydrogen-bond acceptors (Lipinski definition) is 6. The lowest BCUT2D eigenvalue weighted by Crippen LogP contribution is -2.36. The van der Waals surface area contributed by atoms with Gasteiger partial charge in [0.15, 0.2) is 0 Å². The molecule has 0 aliphatic rings. The Bertz CT molecular complexity index is 444. The van der Waals surface area contributed by atoms with Crippen LogP contribution in [0.3, 0.4) is 0 Å². The molecule has 1 aromatic rings. The Labute approximate surface area is 104 Å². The lowest BCUT2D eigenvalue weighted by molar-refractivity contribution is 0.217. The summed E-state index contributed by atoms with van der Waals surface area (Å²) in [6, 6.07) is 0. The number of aromatic nitrogens is 2. The van der Waals surface area contributed by atoms with E-state index in [1.165, 1.54) is 0 Å². The van der Waals surface area contributed by atoms with Gasteiger partial charge < -0.3 is 10.2 Å². The van der Waals surface area contributed by atoms with Gasteiger partial charge in [-0.1, -0.05) is 0 Å². The highest BCUT2D eigenvalue weighted by Crippen LogP contribution is 2.14. The fourth-order valence-electron chi connectivity index (χ4n) is 1.16. The average Bonchev–Trinajstić information content (AvgIpc) is 2.29. The first kappa shape index (κ1) is 14.3. The van der Waals surface area contributed by atoms with E-state index < -0.39 is 10.0 Å². The first-order valence-corrected chi connectivity index (χ1v) is 6.53. The summed E-state index contributed by atoms with van der Waals surface area (Å²) >= 11 is 5.45. The van der Waals surface area contributed by atoms with E-state index in [1.54, 1.807) is 0 Å². The van der Waals surface area contributed by atoms with Crippen molar-refractivity contribution >= 4 is 21.6 Å². The minimum atomic E-state index is -3.81. The van der Waals surface area contributed by atoms with Crippen LogP contribution < -0.4 is 0 Å². The lowest BCUT2D eigenvalue weighted by atomic mass is 10.6. The van der Waals surface area contributed by atoms with Crippen LogP contribution in [0, 0.1) is 0 Å². The van der Waals surface area contributed by atoms with E-state index in [0.29, 0.717) is 0 Å². The topological polar surface area (TPSA) is 104 Å². The molecule has 17 heavy (non-hydrogen) atoms. The normalized spacial score (nSPS) is 12.0. The van der Waals surface area contributed by atoms with Crippen molar-refractivity contribution in [2.75, 3.05) is 26.3 Å². The van der Waals surface area contributed by atoms with Crippen molar-refractivity contribution < 1.29 is 18.6 Å². The molecule has 0 saturated heterocycles. The molecule has 0 aromatic carbocycles. The fraction of sp³-hybridized carbons (Fsp3) is 0.500. The summed E-state index contributed by atoms with van der Waals surface area (Å²) in [5.41, 5.74) is 0. The van der Waals surface area contributed by atoms with Crippen LogP contribution in [0.15, 0.2) is 17.3 Å². The van der Waals surface area contributed by atoms with Crippen molar-refractivity contribution in [3.8, 4) is 0 Å². The van der Waals surface area contributed by atoms with Crippen molar-refractivity contribution in [3.63, 3.8) is 0 Å². The Kier molecular flexibility index (Phi) is 5.22. The van der Waals surface area contributed by atoms with Crippen LogP contribution in [-0.2, 0) is 10.0 Å². The van der Waals surface area contributed by atoms with Gasteiger partial charge in [0.25, 0.3) is 0 Å². The van der Waals surface area contributed by atoms with E-state index in [1.807, 2.05) is 0 Å². The number of aliphatic hydroxyl groups is 2. The largest absolute Gasteiger partial charge is 0.395 e. The number of sulfonamides is 1. The maximum Gasteiger partial charge on any atom is 0.246 e. The highest BCUT2D eigenvalue weighted by molar-refractivity contribution is 7.89. The van der Waals surface area contributed by atoms with Crippen LogP contribution in [-0.4, -0.2) is 59.2 Å². The first-order valence-electron chi connectivity index (χ1n) is 4.71. The van der Waals surface area contributed by atoms with E-state index in [4.69, 9.17) is 21.8 Å². The molecule has 0 aliphatic heterocycles. The van der Waals surface area contributed by atoms with Crippen LogP contribution in [0.4, 0.5) is 0 Å². The van der Waals surface area contributed by atoms with Gasteiger partial charge in [-0.05, 0) is 11.6 Å². The van der Waals surface area contributed by atoms with Crippen LogP contribution >= 0.6 is 11.6 Å². The molecule has 0 spiro atoms. The molecule has 0 bridgehead atoms. The number of hydrogen-bond donors (Lipinski definition) is 2. The SMILES string of the molecule is O=S(=O)(c1cnc(Cl)nc1)N(CCO)CCO. The number of nitrogens with zero attached hydrogens (tertiary/aromatic N) is 3. The predicted molar refractivity (Wildman–Crippen MR) is 60.0 cm³/mol. The van der Waals surface area contributed by atoms with E-state index in [2.05, 4.69) is 9.97 Å². The minimum absolute atomic E-state index is 0.0557. The van der Waals surface area contributed by atoms with Crippen LogP contribution in [0.1, 0.15) is 0 Å². The lowest BCUT2D eigenvalue weighted by Gasteiger charge is -2.19. The molecule has 1 aromatic heterocycles. The molecule has 0 unspecified atom stereocenters. The summed E-state index contributed by atoms with van der Waals surface area (Å²) in [5.74, 6) is 0. The van der Waals surface area contributed by atoms with Gasteiger partial charge in [-0.15, -0.1) is 0 Å². The molecule has 0 radical (unpaired) electrons. The van der Waals surface area contributed by atoms with Crippen molar-refractivity contribution in [2.24, 2.45) is 0 Å². The minimum Gasteiger partial charge on any atom is -0.395 e. The Morgan fingerprint density at radius 1 is 1.18 bits per heavy atom. The third-order valence-corrected chi connectivity index (χ3v) is 3.98. The van der Waals surface area contributed by atoms with Gasteiger partial charge in [0.05, 0.1) is 25.6 Å². The van der Waals surface area contributed by atoms with Crippen molar-refractivity contribution in [1.29, 1.82) is 0 Å². The van der Waals surface area contributed by atoms with Gasteiger partial charge in [-0.2, -0.15) is 4.31 Å². The zero-order chi connectivity index (χ0) is 12.9. The van der Waals surface area contributed by atoms with Crippen LogP contribution in [0.5, 0.6) is 0 Å². The van der Waals surface area contributed by atoms with Gasteiger partial charge in [0.2, 0.25) is 15.3 Å². The third kappa shape index (κ3) is 3.58. The summed E-state index contributed by atoms with van der Waals surface area (Å²) in [5, 5.41) is 17.5. The second kappa shape index (κ2) is 6.22. The average molecular weight is 282 g/mol. The first-order chi connectivity index (χ1) is 8.02. The zero-order valence-electron chi connectivity index (χ0n) is 8.82. The quantitative estimate of drug-likeness (QED) is 0.655. The summed E-state index contributed by atoms with van der Waals surface area (Å²) in [4.78, 5) is 7.01. The molecule has 1 rings (SSSR count). The fourth-order valence-corrected chi connectivity index (χ4v) is 2.57. The highest BCUT2D eigenvalue weighted by Gasteiger charge is 2.24. The van der Waals surface area contributed by atoms with Gasteiger partial charge >= 0.3 is 0 Å². The summed E-state index contributed by atoms with van der Waals surface area (Å²) in [6.07, 6.45) is 2.15. The predicted octanol–water partition coefficient (Wildman–Crippen LogP) is -0.895. The summed E-state index contributed by atoms with van der Waals surface area (Å²) in [6.45, 7) is -0.890. The van der Waals surface area contributed by atoms with Gasteiger partial charge in [-0.3, -0.25) is 0 Å². The van der Waals surface area contributed by atoms with E-state index in [9.17, 15) is 8.42 Å². The van der Waals surface area contributed by atoms with Gasteiger partial charge in [0.1, 0.15) is 4.90 Å². The smallest absolute Gasteiger partial charge is 0.246 e. The molecule has 9 heteroatoms. The molecule has 1 heterocycles. The number of aliphatic hydroxyl groups excluding tert-OH is 2. The Balaban J connectivity index is 3.02. The summed E-state index contributed by atoms with van der Waals surface area (Å²) in [7, 11) is -3.81. The standard InChI is InChI=1S/C8H12ClN3O4S/c9-8-10-5-7(6-11-8)17(15,16)12(1-3-13)2-4-14/h5-6,13-14H,1-4H2. The van der Waals surface area contributed by atoms with Crippen LogP contribution in [0.2, 0.25) is 5.28 Å². The van der Waals surface area contributed by atoms with Crippen molar-refractivity contribution in [1.82, 2.24) is 14.3 Å². The molecule has 0 fully saturated rings. The van der Waals surface area contributed by atoms with Crippen LogP contribution in [0.25, 0.3) is 0 Å². The molecule has 7 nitrogen and oxygen atoms in total. The van der Waals surface area contributed by atoms with Crippen molar-refractivity contribution in [3.05, 3.63) is 17.7 Å². The zero-order valence-corrected chi connectivity index (χ0v) is 10.4. The second-order valence-corrected chi connectivity index (χ2v) is 5.32. The van der Waals surface area contributed by atoms with Gasteiger partial charge in [-0.25, -0.2) is 18.4 Å². The second-order valence-electron chi connectivity index (χ2n) is 3.04. The molecule has 0 saturated carbocycles. The molecule has 96 valence electrons. The molecule has 0 aliphatic carbocycles. The van der Waals surface area contributed by atoms with E-state index in [-0.39, 0.29) is 36.5 Å². The number of rotatable bonds is 6. The van der Waals surface area contributed by atoms with E-state index in [0.717, 1.165) is 16.7 Å². The molecule has 0 atom stereocenters. The Morgan fingerprint density at radius 3 is 2.06 bits per heavy atom. The molecular weight excluding hydrogens is 270 g/mol.